The lowest BCUT2D eigenvalue weighted by Gasteiger charge is -2.17. The van der Waals surface area contributed by atoms with Crippen LogP contribution in [0.2, 0.25) is 0 Å². The first-order valence-electron chi connectivity index (χ1n) is 5.69. The SMILES string of the molecule is CCNC(COCC(F)(F)F)Cc1nc(C)cs1. The molecule has 104 valence electrons. The molecule has 0 amide bonds. The van der Waals surface area contributed by atoms with Gasteiger partial charge in [-0.1, -0.05) is 6.92 Å². The highest BCUT2D eigenvalue weighted by atomic mass is 32.1. The Morgan fingerprint density at radius 3 is 2.72 bits per heavy atom. The van der Waals surface area contributed by atoms with Crippen LogP contribution in [0.5, 0.6) is 0 Å². The van der Waals surface area contributed by atoms with Crippen LogP contribution in [0.15, 0.2) is 5.38 Å². The van der Waals surface area contributed by atoms with Gasteiger partial charge in [0.05, 0.1) is 11.6 Å². The fourth-order valence-electron chi connectivity index (χ4n) is 1.50. The molecule has 0 aliphatic heterocycles. The number of likely N-dealkylation sites (N-methyl/N-ethyl adjacent to an activating group) is 1. The lowest BCUT2D eigenvalue weighted by molar-refractivity contribution is -0.175. The van der Waals surface area contributed by atoms with Crippen LogP contribution in [-0.4, -0.2) is 37.0 Å². The smallest absolute Gasteiger partial charge is 0.370 e. The number of nitrogens with one attached hydrogen (secondary N) is 1. The summed E-state index contributed by atoms with van der Waals surface area (Å²) in [6, 6.07) is -0.136. The van der Waals surface area contributed by atoms with Gasteiger partial charge in [0, 0.05) is 23.5 Å². The summed E-state index contributed by atoms with van der Waals surface area (Å²) in [4.78, 5) is 4.29. The van der Waals surface area contributed by atoms with Gasteiger partial charge in [-0.2, -0.15) is 13.2 Å². The molecule has 0 aliphatic rings. The van der Waals surface area contributed by atoms with Crippen molar-refractivity contribution in [1.29, 1.82) is 0 Å². The van der Waals surface area contributed by atoms with Crippen molar-refractivity contribution in [2.45, 2.75) is 32.5 Å². The predicted octanol–water partition coefficient (Wildman–Crippen LogP) is 2.55. The van der Waals surface area contributed by atoms with Crippen molar-refractivity contribution >= 4 is 11.3 Å². The molecule has 18 heavy (non-hydrogen) atoms. The lowest BCUT2D eigenvalue weighted by Crippen LogP contribution is -2.36. The van der Waals surface area contributed by atoms with Crippen LogP contribution in [0.1, 0.15) is 17.6 Å². The van der Waals surface area contributed by atoms with Gasteiger partial charge in [0.2, 0.25) is 0 Å². The molecule has 1 atom stereocenters. The quantitative estimate of drug-likeness (QED) is 0.834. The summed E-state index contributed by atoms with van der Waals surface area (Å²) in [5.41, 5.74) is 0.932. The van der Waals surface area contributed by atoms with Crippen molar-refractivity contribution in [3.63, 3.8) is 0 Å². The van der Waals surface area contributed by atoms with E-state index in [1.807, 2.05) is 19.2 Å². The fourth-order valence-corrected chi connectivity index (χ4v) is 2.36. The first-order chi connectivity index (χ1) is 8.40. The normalized spacial score (nSPS) is 13.8. The molecule has 1 unspecified atom stereocenters. The van der Waals surface area contributed by atoms with Crippen molar-refractivity contribution in [1.82, 2.24) is 10.3 Å². The van der Waals surface area contributed by atoms with Gasteiger partial charge in [-0.25, -0.2) is 4.98 Å². The summed E-state index contributed by atoms with van der Waals surface area (Å²) < 4.78 is 40.6. The average Bonchev–Trinajstić information content (AvgIpc) is 2.62. The van der Waals surface area contributed by atoms with Gasteiger partial charge in [0.1, 0.15) is 6.61 Å². The minimum absolute atomic E-state index is 0.0337. The Bertz CT molecular complexity index is 354. The summed E-state index contributed by atoms with van der Waals surface area (Å²) in [6.07, 6.45) is -3.68. The highest BCUT2D eigenvalue weighted by molar-refractivity contribution is 7.09. The number of nitrogens with zero attached hydrogens (tertiary/aromatic N) is 1. The van der Waals surface area contributed by atoms with E-state index >= 15 is 0 Å². The largest absolute Gasteiger partial charge is 0.411 e. The van der Waals surface area contributed by atoms with E-state index in [2.05, 4.69) is 15.0 Å². The van der Waals surface area contributed by atoms with E-state index in [-0.39, 0.29) is 12.6 Å². The first kappa shape index (κ1) is 15.4. The summed E-state index contributed by atoms with van der Waals surface area (Å²) in [5, 5.41) is 5.94. The molecule has 1 aromatic heterocycles. The molecule has 0 saturated heterocycles. The third-order valence-corrected chi connectivity index (χ3v) is 3.15. The molecule has 1 aromatic rings. The Morgan fingerprint density at radius 1 is 1.50 bits per heavy atom. The molecule has 0 spiro atoms. The van der Waals surface area contributed by atoms with Gasteiger partial charge in [-0.15, -0.1) is 11.3 Å². The van der Waals surface area contributed by atoms with Crippen LogP contribution in [-0.2, 0) is 11.2 Å². The van der Waals surface area contributed by atoms with Crippen molar-refractivity contribution in [3.05, 3.63) is 16.1 Å². The van der Waals surface area contributed by atoms with E-state index in [4.69, 9.17) is 0 Å². The average molecular weight is 282 g/mol. The van der Waals surface area contributed by atoms with E-state index in [0.29, 0.717) is 13.0 Å². The zero-order valence-electron chi connectivity index (χ0n) is 10.4. The molecule has 0 fully saturated rings. The number of ether oxygens (including phenoxy) is 1. The second-order valence-corrected chi connectivity index (χ2v) is 4.91. The second-order valence-electron chi connectivity index (χ2n) is 3.97. The van der Waals surface area contributed by atoms with Crippen LogP contribution >= 0.6 is 11.3 Å². The van der Waals surface area contributed by atoms with Crippen LogP contribution < -0.4 is 5.32 Å². The molecule has 1 heterocycles. The Hall–Kier alpha value is -0.660. The molecule has 3 nitrogen and oxygen atoms in total. The Balaban J connectivity index is 2.40. The highest BCUT2D eigenvalue weighted by Gasteiger charge is 2.28. The summed E-state index contributed by atoms with van der Waals surface area (Å²) in [7, 11) is 0. The topological polar surface area (TPSA) is 34.1 Å². The molecule has 0 aromatic carbocycles. The number of alkyl halides is 3. The highest BCUT2D eigenvalue weighted by Crippen LogP contribution is 2.15. The maximum absolute atomic E-state index is 12.0. The molecule has 0 saturated carbocycles. The van der Waals surface area contributed by atoms with E-state index in [1.165, 1.54) is 11.3 Å². The summed E-state index contributed by atoms with van der Waals surface area (Å²) in [6.45, 7) is 3.31. The van der Waals surface area contributed by atoms with Gasteiger partial charge in [-0.05, 0) is 13.5 Å². The van der Waals surface area contributed by atoms with Gasteiger partial charge in [0.25, 0.3) is 0 Å². The lowest BCUT2D eigenvalue weighted by atomic mass is 10.2. The number of hydrogen-bond acceptors (Lipinski definition) is 4. The number of hydrogen-bond donors (Lipinski definition) is 1. The molecule has 1 N–H and O–H groups in total. The third kappa shape index (κ3) is 6.32. The predicted molar refractivity (Wildman–Crippen MR) is 64.9 cm³/mol. The van der Waals surface area contributed by atoms with Crippen LogP contribution in [0.4, 0.5) is 13.2 Å². The molecule has 1 rings (SSSR count). The Labute approximate surface area is 108 Å². The fraction of sp³-hybridized carbons (Fsp3) is 0.727. The first-order valence-corrected chi connectivity index (χ1v) is 6.57. The van der Waals surface area contributed by atoms with E-state index in [9.17, 15) is 13.2 Å². The third-order valence-electron chi connectivity index (χ3n) is 2.17. The standard InChI is InChI=1S/C11H17F3N2OS/c1-3-15-9(5-17-7-11(12,13)14)4-10-16-8(2)6-18-10/h6,9,15H,3-5,7H2,1-2H3. The van der Waals surface area contributed by atoms with Gasteiger partial charge in [-0.3, -0.25) is 0 Å². The zero-order valence-corrected chi connectivity index (χ0v) is 11.2. The summed E-state index contributed by atoms with van der Waals surface area (Å²) >= 11 is 1.51. The molecule has 0 aliphatic carbocycles. The Morgan fingerprint density at radius 2 is 2.22 bits per heavy atom. The number of thiazole rings is 1. The zero-order chi connectivity index (χ0) is 13.6. The van der Waals surface area contributed by atoms with Crippen LogP contribution in [0, 0.1) is 6.92 Å². The molecular weight excluding hydrogens is 265 g/mol. The minimum atomic E-state index is -4.27. The van der Waals surface area contributed by atoms with Crippen molar-refractivity contribution in [2.24, 2.45) is 0 Å². The number of aromatic nitrogens is 1. The molecule has 0 radical (unpaired) electrons. The van der Waals surface area contributed by atoms with Crippen molar-refractivity contribution < 1.29 is 17.9 Å². The van der Waals surface area contributed by atoms with Crippen LogP contribution in [0.3, 0.4) is 0 Å². The van der Waals surface area contributed by atoms with Gasteiger partial charge < -0.3 is 10.1 Å². The number of aryl methyl sites for hydroxylation is 1. The number of rotatable bonds is 7. The van der Waals surface area contributed by atoms with E-state index in [1.54, 1.807) is 0 Å². The Kier molecular flexibility index (Phi) is 6.04. The molecule has 0 bridgehead atoms. The monoisotopic (exact) mass is 282 g/mol. The van der Waals surface area contributed by atoms with E-state index in [0.717, 1.165) is 10.7 Å². The van der Waals surface area contributed by atoms with Crippen molar-refractivity contribution in [3.8, 4) is 0 Å². The van der Waals surface area contributed by atoms with Crippen LogP contribution in [0.25, 0.3) is 0 Å². The van der Waals surface area contributed by atoms with Crippen molar-refractivity contribution in [2.75, 3.05) is 19.8 Å². The summed E-state index contributed by atoms with van der Waals surface area (Å²) in [5.74, 6) is 0. The van der Waals surface area contributed by atoms with Gasteiger partial charge in [0.15, 0.2) is 0 Å². The van der Waals surface area contributed by atoms with Gasteiger partial charge >= 0.3 is 6.18 Å². The second kappa shape index (κ2) is 7.06. The van der Waals surface area contributed by atoms with E-state index < -0.39 is 12.8 Å². The molecule has 7 heteroatoms. The maximum atomic E-state index is 12.0. The maximum Gasteiger partial charge on any atom is 0.411 e. The number of halogens is 3. The minimum Gasteiger partial charge on any atom is -0.370 e. The molecular formula is C11H17F3N2OS.